The van der Waals surface area contributed by atoms with Crippen molar-refractivity contribution in [2.75, 3.05) is 18.1 Å². The molecule has 102 valence electrons. The lowest BCUT2D eigenvalue weighted by Gasteiger charge is -2.32. The molecule has 1 heterocycles. The normalized spacial score (nSPS) is 18.1. The lowest BCUT2D eigenvalue weighted by atomic mass is 10.2. The third kappa shape index (κ3) is 2.76. The molecular formula is C14H17NO3S. The van der Waals surface area contributed by atoms with Gasteiger partial charge in [-0.05, 0) is 25.5 Å². The SMILES string of the molecule is CCCN1C(=O)C(C(=O)OCC)Sc2ccccc21. The molecule has 0 radical (unpaired) electrons. The van der Waals surface area contributed by atoms with Gasteiger partial charge in [-0.25, -0.2) is 0 Å². The number of anilines is 1. The standard InChI is InChI=1S/C14H17NO3S/c1-3-9-15-10-7-5-6-8-11(10)19-12(13(15)16)14(17)18-4-2/h5-8,12H,3-4,9H2,1-2H3. The van der Waals surface area contributed by atoms with E-state index < -0.39 is 11.2 Å². The molecule has 4 nitrogen and oxygen atoms in total. The fraction of sp³-hybridized carbons (Fsp3) is 0.429. The van der Waals surface area contributed by atoms with E-state index in [-0.39, 0.29) is 5.91 Å². The molecule has 0 aromatic heterocycles. The van der Waals surface area contributed by atoms with Crippen LogP contribution in [0, 0.1) is 0 Å². The van der Waals surface area contributed by atoms with Crippen LogP contribution in [0.15, 0.2) is 29.2 Å². The van der Waals surface area contributed by atoms with Gasteiger partial charge >= 0.3 is 5.97 Å². The molecule has 19 heavy (non-hydrogen) atoms. The zero-order valence-electron chi connectivity index (χ0n) is 11.1. The van der Waals surface area contributed by atoms with Crippen molar-refractivity contribution in [1.82, 2.24) is 0 Å². The Hall–Kier alpha value is -1.49. The summed E-state index contributed by atoms with van der Waals surface area (Å²) in [6, 6.07) is 7.66. The zero-order chi connectivity index (χ0) is 13.8. The Labute approximate surface area is 117 Å². The molecular weight excluding hydrogens is 262 g/mol. The van der Waals surface area contributed by atoms with Gasteiger partial charge in [-0.15, -0.1) is 0 Å². The number of thioether (sulfide) groups is 1. The number of carbonyl (C=O) groups is 2. The van der Waals surface area contributed by atoms with Gasteiger partial charge in [-0.3, -0.25) is 9.59 Å². The van der Waals surface area contributed by atoms with E-state index in [4.69, 9.17) is 4.74 Å². The molecule has 1 unspecified atom stereocenters. The Morgan fingerprint density at radius 3 is 2.79 bits per heavy atom. The minimum Gasteiger partial charge on any atom is -0.465 e. The number of para-hydroxylation sites is 1. The number of hydrogen-bond acceptors (Lipinski definition) is 4. The molecule has 0 saturated heterocycles. The number of hydrogen-bond donors (Lipinski definition) is 0. The third-order valence-electron chi connectivity index (χ3n) is 2.84. The first-order valence-electron chi connectivity index (χ1n) is 6.42. The van der Waals surface area contributed by atoms with Crippen LogP contribution >= 0.6 is 11.8 Å². The van der Waals surface area contributed by atoms with Crippen LogP contribution in [0.1, 0.15) is 20.3 Å². The van der Waals surface area contributed by atoms with Crippen molar-refractivity contribution >= 4 is 29.3 Å². The average molecular weight is 279 g/mol. The largest absolute Gasteiger partial charge is 0.465 e. The topological polar surface area (TPSA) is 46.6 Å². The van der Waals surface area contributed by atoms with Crippen molar-refractivity contribution in [1.29, 1.82) is 0 Å². The monoisotopic (exact) mass is 279 g/mol. The molecule has 1 aliphatic rings. The van der Waals surface area contributed by atoms with Crippen LogP contribution in [0.4, 0.5) is 5.69 Å². The molecule has 1 aromatic rings. The number of fused-ring (bicyclic) bond motifs is 1. The molecule has 0 aliphatic carbocycles. The molecule has 1 aromatic carbocycles. The second-order valence-corrected chi connectivity index (χ2v) is 5.35. The summed E-state index contributed by atoms with van der Waals surface area (Å²) in [5.74, 6) is -0.628. The highest BCUT2D eigenvalue weighted by Crippen LogP contribution is 2.39. The number of ether oxygens (including phenoxy) is 1. The maximum Gasteiger partial charge on any atom is 0.329 e. The molecule has 0 N–H and O–H groups in total. The number of nitrogens with zero attached hydrogens (tertiary/aromatic N) is 1. The molecule has 0 fully saturated rings. The summed E-state index contributed by atoms with van der Waals surface area (Å²) in [5.41, 5.74) is 0.889. The minimum atomic E-state index is -0.776. The summed E-state index contributed by atoms with van der Waals surface area (Å²) in [7, 11) is 0. The Morgan fingerprint density at radius 1 is 1.37 bits per heavy atom. The molecule has 0 saturated carbocycles. The predicted molar refractivity (Wildman–Crippen MR) is 75.4 cm³/mol. The lowest BCUT2D eigenvalue weighted by molar-refractivity contribution is -0.144. The van der Waals surface area contributed by atoms with Crippen LogP contribution in [0.25, 0.3) is 0 Å². The summed E-state index contributed by atoms with van der Waals surface area (Å²) in [6.07, 6.45) is 0.848. The highest BCUT2D eigenvalue weighted by atomic mass is 32.2. The zero-order valence-corrected chi connectivity index (χ0v) is 11.9. The fourth-order valence-electron chi connectivity index (χ4n) is 2.04. The van der Waals surface area contributed by atoms with Crippen LogP contribution in [-0.2, 0) is 14.3 Å². The molecule has 1 aliphatic heterocycles. The van der Waals surface area contributed by atoms with Crippen LogP contribution in [0.5, 0.6) is 0 Å². The van der Waals surface area contributed by atoms with Crippen molar-refractivity contribution in [3.05, 3.63) is 24.3 Å². The number of carbonyl (C=O) groups excluding carboxylic acids is 2. The van der Waals surface area contributed by atoms with Crippen LogP contribution in [-0.4, -0.2) is 30.3 Å². The molecule has 1 atom stereocenters. The summed E-state index contributed by atoms with van der Waals surface area (Å²) < 4.78 is 4.99. The van der Waals surface area contributed by atoms with Gasteiger partial charge in [0.05, 0.1) is 12.3 Å². The first kappa shape index (κ1) is 13.9. The van der Waals surface area contributed by atoms with Crippen molar-refractivity contribution in [2.45, 2.75) is 30.4 Å². The van der Waals surface area contributed by atoms with Crippen LogP contribution in [0.2, 0.25) is 0 Å². The second kappa shape index (κ2) is 6.10. The Bertz CT molecular complexity index is 489. The minimum absolute atomic E-state index is 0.177. The van der Waals surface area contributed by atoms with Gasteiger partial charge in [0.25, 0.3) is 5.91 Å². The second-order valence-electron chi connectivity index (χ2n) is 4.21. The molecule has 2 rings (SSSR count). The predicted octanol–water partition coefficient (Wildman–Crippen LogP) is 2.47. The van der Waals surface area contributed by atoms with Crippen molar-refractivity contribution in [3.63, 3.8) is 0 Å². The summed E-state index contributed by atoms with van der Waals surface area (Å²) in [5, 5.41) is -0.776. The first-order valence-corrected chi connectivity index (χ1v) is 7.30. The smallest absolute Gasteiger partial charge is 0.329 e. The van der Waals surface area contributed by atoms with Crippen LogP contribution in [0.3, 0.4) is 0 Å². The number of benzene rings is 1. The number of rotatable bonds is 4. The Kier molecular flexibility index (Phi) is 4.47. The Morgan fingerprint density at radius 2 is 2.11 bits per heavy atom. The number of amides is 1. The number of esters is 1. The highest BCUT2D eigenvalue weighted by Gasteiger charge is 2.38. The van der Waals surface area contributed by atoms with Crippen molar-refractivity contribution in [3.8, 4) is 0 Å². The first-order chi connectivity index (χ1) is 9.19. The molecule has 1 amide bonds. The van der Waals surface area contributed by atoms with E-state index in [0.29, 0.717) is 13.2 Å². The summed E-state index contributed by atoms with van der Waals surface area (Å²) >= 11 is 1.28. The van der Waals surface area contributed by atoms with Gasteiger partial charge < -0.3 is 9.64 Å². The quantitative estimate of drug-likeness (QED) is 0.627. The maximum atomic E-state index is 12.4. The van der Waals surface area contributed by atoms with E-state index in [1.165, 1.54) is 11.8 Å². The molecule has 0 spiro atoms. The van der Waals surface area contributed by atoms with Gasteiger partial charge in [0.1, 0.15) is 0 Å². The van der Waals surface area contributed by atoms with Crippen molar-refractivity contribution < 1.29 is 14.3 Å². The summed E-state index contributed by atoms with van der Waals surface area (Å²) in [4.78, 5) is 26.9. The average Bonchev–Trinajstić information content (AvgIpc) is 2.42. The Balaban J connectivity index is 2.33. The van der Waals surface area contributed by atoms with E-state index in [1.807, 2.05) is 31.2 Å². The van der Waals surface area contributed by atoms with Gasteiger partial charge in [-0.2, -0.15) is 0 Å². The highest BCUT2D eigenvalue weighted by molar-refractivity contribution is 8.01. The van der Waals surface area contributed by atoms with E-state index in [2.05, 4.69) is 0 Å². The lowest BCUT2D eigenvalue weighted by Crippen LogP contribution is -2.45. The molecule has 0 bridgehead atoms. The van der Waals surface area contributed by atoms with Gasteiger partial charge in [0.2, 0.25) is 0 Å². The van der Waals surface area contributed by atoms with Gasteiger partial charge in [0, 0.05) is 11.4 Å². The fourth-order valence-corrected chi connectivity index (χ4v) is 3.14. The van der Waals surface area contributed by atoms with E-state index in [0.717, 1.165) is 17.0 Å². The van der Waals surface area contributed by atoms with Crippen molar-refractivity contribution in [2.24, 2.45) is 0 Å². The molecule has 5 heteroatoms. The third-order valence-corrected chi connectivity index (χ3v) is 4.07. The van der Waals surface area contributed by atoms with E-state index >= 15 is 0 Å². The van der Waals surface area contributed by atoms with E-state index in [1.54, 1.807) is 11.8 Å². The van der Waals surface area contributed by atoms with Crippen LogP contribution < -0.4 is 4.90 Å². The summed E-state index contributed by atoms with van der Waals surface area (Å²) in [6.45, 7) is 4.66. The van der Waals surface area contributed by atoms with Gasteiger partial charge in [-0.1, -0.05) is 30.8 Å². The van der Waals surface area contributed by atoms with E-state index in [9.17, 15) is 9.59 Å². The maximum absolute atomic E-state index is 12.4. The van der Waals surface area contributed by atoms with Gasteiger partial charge in [0.15, 0.2) is 5.25 Å².